The van der Waals surface area contributed by atoms with Crippen molar-refractivity contribution in [1.29, 1.82) is 5.26 Å². The molecule has 0 aliphatic rings. The molecule has 0 saturated heterocycles. The third-order valence-corrected chi connectivity index (χ3v) is 2.75. The molecule has 86 valence electrons. The van der Waals surface area contributed by atoms with E-state index in [1.807, 2.05) is 0 Å². The molecule has 0 fully saturated rings. The van der Waals surface area contributed by atoms with Crippen molar-refractivity contribution in [2.45, 2.75) is 31.2 Å². The van der Waals surface area contributed by atoms with Gasteiger partial charge in [-0.1, -0.05) is 13.3 Å². The van der Waals surface area contributed by atoms with Gasteiger partial charge in [-0.3, -0.25) is 0 Å². The highest BCUT2D eigenvalue weighted by Crippen LogP contribution is 2.21. The Morgan fingerprint density at radius 2 is 2.31 bits per heavy atom. The average Bonchev–Trinajstić information content (AvgIpc) is 2.26. The molecule has 0 aromatic heterocycles. The summed E-state index contributed by atoms with van der Waals surface area (Å²) >= 11 is 3.37. The molecular formula is C12H13BrFNO. The molecule has 1 aromatic carbocycles. The van der Waals surface area contributed by atoms with Gasteiger partial charge in [-0.25, -0.2) is 4.39 Å². The lowest BCUT2D eigenvalue weighted by atomic mass is 10.2. The van der Waals surface area contributed by atoms with Gasteiger partial charge >= 0.3 is 0 Å². The smallest absolute Gasteiger partial charge is 0.153 e. The van der Waals surface area contributed by atoms with E-state index in [2.05, 4.69) is 22.9 Å². The van der Waals surface area contributed by atoms with E-state index in [1.165, 1.54) is 12.1 Å². The summed E-state index contributed by atoms with van der Waals surface area (Å²) in [5.74, 6) is -0.107. The Kier molecular flexibility index (Phi) is 5.27. The maximum Gasteiger partial charge on any atom is 0.153 e. The van der Waals surface area contributed by atoms with Gasteiger partial charge < -0.3 is 4.74 Å². The third-order valence-electron chi connectivity index (χ3n) is 2.11. The van der Waals surface area contributed by atoms with Gasteiger partial charge in [0.1, 0.15) is 17.6 Å². The summed E-state index contributed by atoms with van der Waals surface area (Å²) in [5.41, 5.74) is 0.0343. The predicted octanol–water partition coefficient (Wildman–Crippen LogP) is 3.99. The zero-order chi connectivity index (χ0) is 12.0. The largest absolute Gasteiger partial charge is 0.479 e. The Bertz CT molecular complexity index is 389. The number of rotatable bonds is 5. The number of alkyl halides is 1. The first-order chi connectivity index (χ1) is 7.67. The highest BCUT2D eigenvalue weighted by Gasteiger charge is 2.08. The Morgan fingerprint density at radius 1 is 1.56 bits per heavy atom. The molecule has 1 unspecified atom stereocenters. The number of nitrogens with zero attached hydrogens (tertiary/aromatic N) is 1. The first-order valence-electron chi connectivity index (χ1n) is 5.17. The number of unbranched alkanes of at least 4 members (excludes halogenated alkanes) is 1. The maximum absolute atomic E-state index is 13.2. The lowest BCUT2D eigenvalue weighted by molar-refractivity contribution is 0.278. The molecule has 0 aliphatic heterocycles. The van der Waals surface area contributed by atoms with E-state index in [0.717, 1.165) is 19.3 Å². The van der Waals surface area contributed by atoms with Crippen LogP contribution in [0.5, 0.6) is 5.75 Å². The Labute approximate surface area is 103 Å². The van der Waals surface area contributed by atoms with E-state index in [9.17, 15) is 4.39 Å². The zero-order valence-corrected chi connectivity index (χ0v) is 10.6. The molecule has 16 heavy (non-hydrogen) atoms. The quantitative estimate of drug-likeness (QED) is 0.767. The second-order valence-electron chi connectivity index (χ2n) is 3.42. The summed E-state index contributed by atoms with van der Waals surface area (Å²) in [6.45, 7) is 2.10. The molecule has 0 spiro atoms. The Morgan fingerprint density at radius 3 is 2.88 bits per heavy atom. The van der Waals surface area contributed by atoms with Crippen molar-refractivity contribution in [3.63, 3.8) is 0 Å². The van der Waals surface area contributed by atoms with Gasteiger partial charge in [0.25, 0.3) is 0 Å². The molecule has 1 rings (SSSR count). The minimum Gasteiger partial charge on any atom is -0.479 e. The Hall–Kier alpha value is -1.08. The predicted molar refractivity (Wildman–Crippen MR) is 64.0 cm³/mol. The number of hydrogen-bond donors (Lipinski definition) is 0. The molecule has 0 aliphatic carbocycles. The minimum absolute atomic E-state index is 0.0343. The van der Waals surface area contributed by atoms with E-state index in [-0.39, 0.29) is 10.6 Å². The fourth-order valence-corrected chi connectivity index (χ4v) is 1.77. The molecule has 0 amide bonds. The molecule has 0 N–H and O–H groups in total. The number of hydrogen-bond acceptors (Lipinski definition) is 2. The van der Waals surface area contributed by atoms with Crippen molar-refractivity contribution in [1.82, 2.24) is 0 Å². The fraction of sp³-hybridized carbons (Fsp3) is 0.417. The second kappa shape index (κ2) is 6.49. The summed E-state index contributed by atoms with van der Waals surface area (Å²) in [6.07, 6.45) is 3.01. The van der Waals surface area contributed by atoms with Crippen LogP contribution in [0.3, 0.4) is 0 Å². The van der Waals surface area contributed by atoms with E-state index < -0.39 is 5.82 Å². The van der Waals surface area contributed by atoms with Gasteiger partial charge in [0.05, 0.1) is 5.56 Å². The topological polar surface area (TPSA) is 33.0 Å². The summed E-state index contributed by atoms with van der Waals surface area (Å²) in [4.78, 5) is 0. The first kappa shape index (κ1) is 13.0. The van der Waals surface area contributed by atoms with Crippen LogP contribution >= 0.6 is 15.9 Å². The SMILES string of the molecule is CCCCC(Br)Oc1ccc(C#N)c(F)c1. The monoisotopic (exact) mass is 285 g/mol. The van der Waals surface area contributed by atoms with Gasteiger partial charge in [0.15, 0.2) is 5.01 Å². The molecule has 0 bridgehead atoms. The highest BCUT2D eigenvalue weighted by molar-refractivity contribution is 9.09. The van der Waals surface area contributed by atoms with E-state index in [0.29, 0.717) is 5.75 Å². The molecule has 0 saturated carbocycles. The van der Waals surface area contributed by atoms with Crippen molar-refractivity contribution < 1.29 is 9.13 Å². The standard InChI is InChI=1S/C12H13BrFNO/c1-2-3-4-12(13)16-10-6-5-9(8-15)11(14)7-10/h5-7,12H,2-4H2,1H3. The lowest BCUT2D eigenvalue weighted by Gasteiger charge is -2.12. The van der Waals surface area contributed by atoms with Gasteiger partial charge in [0, 0.05) is 6.07 Å². The molecule has 0 heterocycles. The first-order valence-corrected chi connectivity index (χ1v) is 6.09. The van der Waals surface area contributed by atoms with Gasteiger partial charge in [-0.05, 0) is 40.9 Å². The van der Waals surface area contributed by atoms with Crippen LogP contribution in [0.15, 0.2) is 18.2 Å². The van der Waals surface area contributed by atoms with Crippen LogP contribution < -0.4 is 4.74 Å². The van der Waals surface area contributed by atoms with E-state index >= 15 is 0 Å². The van der Waals surface area contributed by atoms with Crippen molar-refractivity contribution in [3.8, 4) is 11.8 Å². The highest BCUT2D eigenvalue weighted by atomic mass is 79.9. The van der Waals surface area contributed by atoms with Gasteiger partial charge in [-0.15, -0.1) is 0 Å². The normalized spacial score (nSPS) is 11.9. The summed E-state index contributed by atoms with van der Waals surface area (Å²) < 4.78 is 18.7. The molecule has 1 atom stereocenters. The number of benzene rings is 1. The third kappa shape index (κ3) is 3.82. The minimum atomic E-state index is -0.546. The van der Waals surface area contributed by atoms with Crippen LogP contribution in [0.4, 0.5) is 4.39 Å². The van der Waals surface area contributed by atoms with Crippen molar-refractivity contribution in [2.24, 2.45) is 0 Å². The molecule has 1 aromatic rings. The average molecular weight is 286 g/mol. The number of ether oxygens (including phenoxy) is 1. The summed E-state index contributed by atoms with van der Waals surface area (Å²) in [5, 5.41) is 8.46. The fourth-order valence-electron chi connectivity index (χ4n) is 1.23. The molecule has 0 radical (unpaired) electrons. The van der Waals surface area contributed by atoms with E-state index in [4.69, 9.17) is 10.00 Å². The number of nitriles is 1. The lowest BCUT2D eigenvalue weighted by Crippen LogP contribution is -2.07. The van der Waals surface area contributed by atoms with Gasteiger partial charge in [-0.2, -0.15) is 5.26 Å². The van der Waals surface area contributed by atoms with Crippen LogP contribution in [0.2, 0.25) is 0 Å². The van der Waals surface area contributed by atoms with Crippen molar-refractivity contribution in [2.75, 3.05) is 0 Å². The molecular weight excluding hydrogens is 273 g/mol. The van der Waals surface area contributed by atoms with Crippen LogP contribution in [-0.2, 0) is 0 Å². The summed E-state index contributed by atoms with van der Waals surface area (Å²) in [6, 6.07) is 6.02. The van der Waals surface area contributed by atoms with Crippen LogP contribution in [0.25, 0.3) is 0 Å². The molecule has 2 nitrogen and oxygen atoms in total. The van der Waals surface area contributed by atoms with Gasteiger partial charge in [0.2, 0.25) is 0 Å². The van der Waals surface area contributed by atoms with Crippen molar-refractivity contribution in [3.05, 3.63) is 29.6 Å². The van der Waals surface area contributed by atoms with Crippen LogP contribution in [0, 0.1) is 17.1 Å². The second-order valence-corrected chi connectivity index (χ2v) is 4.44. The maximum atomic E-state index is 13.2. The zero-order valence-electron chi connectivity index (χ0n) is 9.04. The van der Waals surface area contributed by atoms with Crippen LogP contribution in [-0.4, -0.2) is 5.01 Å². The number of halogens is 2. The molecule has 4 heteroatoms. The van der Waals surface area contributed by atoms with E-state index in [1.54, 1.807) is 12.1 Å². The van der Waals surface area contributed by atoms with Crippen molar-refractivity contribution >= 4 is 15.9 Å². The summed E-state index contributed by atoms with van der Waals surface area (Å²) in [7, 11) is 0. The Balaban J connectivity index is 2.61. The van der Waals surface area contributed by atoms with Crippen LogP contribution in [0.1, 0.15) is 31.7 Å².